The Balaban J connectivity index is 1.75. The normalized spacial score (nSPS) is 21.7. The molecule has 1 amide bonds. The van der Waals surface area contributed by atoms with Crippen molar-refractivity contribution in [3.8, 4) is 0 Å². The van der Waals surface area contributed by atoms with E-state index in [0.717, 1.165) is 24.8 Å². The lowest BCUT2D eigenvalue weighted by Crippen LogP contribution is -2.34. The maximum atomic E-state index is 11.8. The SMILES string of the molecule is CC1(C)CCCC(OC(=O)NCc2ccccc2)C1. The van der Waals surface area contributed by atoms with Gasteiger partial charge in [0.15, 0.2) is 0 Å². The van der Waals surface area contributed by atoms with E-state index in [0.29, 0.717) is 12.0 Å². The van der Waals surface area contributed by atoms with E-state index >= 15 is 0 Å². The summed E-state index contributed by atoms with van der Waals surface area (Å²) < 4.78 is 5.50. The Morgan fingerprint density at radius 3 is 2.79 bits per heavy atom. The molecule has 1 N–H and O–H groups in total. The predicted octanol–water partition coefficient (Wildman–Crippen LogP) is 3.88. The van der Waals surface area contributed by atoms with Crippen molar-refractivity contribution in [3.63, 3.8) is 0 Å². The van der Waals surface area contributed by atoms with E-state index in [2.05, 4.69) is 19.2 Å². The molecule has 1 aromatic rings. The highest BCUT2D eigenvalue weighted by Crippen LogP contribution is 2.36. The van der Waals surface area contributed by atoms with Crippen LogP contribution in [0.25, 0.3) is 0 Å². The molecule has 0 bridgehead atoms. The molecule has 1 aliphatic carbocycles. The number of alkyl carbamates (subject to hydrolysis) is 1. The van der Waals surface area contributed by atoms with Crippen LogP contribution in [0.1, 0.15) is 45.1 Å². The fourth-order valence-corrected chi connectivity index (χ4v) is 2.69. The predicted molar refractivity (Wildman–Crippen MR) is 75.8 cm³/mol. The van der Waals surface area contributed by atoms with Crippen molar-refractivity contribution in [2.75, 3.05) is 0 Å². The lowest BCUT2D eigenvalue weighted by atomic mass is 9.76. The number of carbonyl (C=O) groups is 1. The molecule has 19 heavy (non-hydrogen) atoms. The largest absolute Gasteiger partial charge is 0.446 e. The number of rotatable bonds is 3. The van der Waals surface area contributed by atoms with Gasteiger partial charge in [-0.2, -0.15) is 0 Å². The monoisotopic (exact) mass is 261 g/mol. The number of nitrogens with one attached hydrogen (secondary N) is 1. The molecule has 0 heterocycles. The van der Waals surface area contributed by atoms with Crippen molar-refractivity contribution in [1.82, 2.24) is 5.32 Å². The van der Waals surface area contributed by atoms with Crippen molar-refractivity contribution in [1.29, 1.82) is 0 Å². The quantitative estimate of drug-likeness (QED) is 0.896. The lowest BCUT2D eigenvalue weighted by molar-refractivity contribution is 0.0379. The minimum atomic E-state index is -0.299. The Hall–Kier alpha value is -1.51. The van der Waals surface area contributed by atoms with Gasteiger partial charge in [-0.25, -0.2) is 4.79 Å². The average molecular weight is 261 g/mol. The fourth-order valence-electron chi connectivity index (χ4n) is 2.69. The molecule has 0 radical (unpaired) electrons. The summed E-state index contributed by atoms with van der Waals surface area (Å²) in [5, 5.41) is 2.81. The zero-order valence-electron chi connectivity index (χ0n) is 11.8. The van der Waals surface area contributed by atoms with Crippen LogP contribution in [0.15, 0.2) is 30.3 Å². The van der Waals surface area contributed by atoms with Crippen LogP contribution in [0.4, 0.5) is 4.79 Å². The van der Waals surface area contributed by atoms with E-state index in [1.807, 2.05) is 30.3 Å². The summed E-state index contributed by atoms with van der Waals surface area (Å²) in [7, 11) is 0. The zero-order chi connectivity index (χ0) is 13.7. The van der Waals surface area contributed by atoms with Gasteiger partial charge in [0.1, 0.15) is 6.10 Å². The van der Waals surface area contributed by atoms with Gasteiger partial charge in [0.25, 0.3) is 0 Å². The second-order valence-electron chi connectivity index (χ2n) is 6.13. The van der Waals surface area contributed by atoms with Gasteiger partial charge in [-0.1, -0.05) is 44.2 Å². The van der Waals surface area contributed by atoms with E-state index in [4.69, 9.17) is 4.74 Å². The first-order chi connectivity index (χ1) is 9.05. The topological polar surface area (TPSA) is 38.3 Å². The standard InChI is InChI=1S/C16H23NO2/c1-16(2)10-6-9-14(11-16)19-15(18)17-12-13-7-4-3-5-8-13/h3-5,7-8,14H,6,9-12H2,1-2H3,(H,17,18). The third kappa shape index (κ3) is 4.58. The second kappa shape index (κ2) is 6.09. The molecular formula is C16H23NO2. The van der Waals surface area contributed by atoms with Gasteiger partial charge in [-0.05, 0) is 36.7 Å². The highest BCUT2D eigenvalue weighted by Gasteiger charge is 2.30. The van der Waals surface area contributed by atoms with Crippen LogP contribution >= 0.6 is 0 Å². The summed E-state index contributed by atoms with van der Waals surface area (Å²) in [5.41, 5.74) is 1.38. The van der Waals surface area contributed by atoms with Crippen LogP contribution in [-0.4, -0.2) is 12.2 Å². The number of amides is 1. The van der Waals surface area contributed by atoms with Gasteiger partial charge in [0.2, 0.25) is 0 Å². The van der Waals surface area contributed by atoms with E-state index in [-0.39, 0.29) is 12.2 Å². The van der Waals surface area contributed by atoms with Crippen LogP contribution in [0.5, 0.6) is 0 Å². The number of hydrogen-bond donors (Lipinski definition) is 1. The van der Waals surface area contributed by atoms with Crippen LogP contribution in [0.3, 0.4) is 0 Å². The number of ether oxygens (including phenoxy) is 1. The summed E-state index contributed by atoms with van der Waals surface area (Å²) in [5.74, 6) is 0. The first-order valence-corrected chi connectivity index (χ1v) is 7.04. The third-order valence-electron chi connectivity index (χ3n) is 3.71. The molecular weight excluding hydrogens is 238 g/mol. The fraction of sp³-hybridized carbons (Fsp3) is 0.562. The molecule has 3 heteroatoms. The molecule has 3 nitrogen and oxygen atoms in total. The molecule has 1 saturated carbocycles. The molecule has 1 atom stereocenters. The molecule has 2 rings (SSSR count). The van der Waals surface area contributed by atoms with Crippen molar-refractivity contribution in [2.24, 2.45) is 5.41 Å². The summed E-state index contributed by atoms with van der Waals surface area (Å²) in [4.78, 5) is 11.8. The maximum Gasteiger partial charge on any atom is 0.407 e. The van der Waals surface area contributed by atoms with Crippen molar-refractivity contribution >= 4 is 6.09 Å². The highest BCUT2D eigenvalue weighted by molar-refractivity contribution is 5.67. The highest BCUT2D eigenvalue weighted by atomic mass is 16.6. The van der Waals surface area contributed by atoms with Gasteiger partial charge in [-0.15, -0.1) is 0 Å². The van der Waals surface area contributed by atoms with E-state index in [1.165, 1.54) is 6.42 Å². The minimum Gasteiger partial charge on any atom is -0.446 e. The van der Waals surface area contributed by atoms with Gasteiger partial charge in [0.05, 0.1) is 0 Å². The van der Waals surface area contributed by atoms with Gasteiger partial charge < -0.3 is 10.1 Å². The van der Waals surface area contributed by atoms with Crippen molar-refractivity contribution < 1.29 is 9.53 Å². The zero-order valence-corrected chi connectivity index (χ0v) is 11.8. The number of hydrogen-bond acceptors (Lipinski definition) is 2. The summed E-state index contributed by atoms with van der Waals surface area (Å²) >= 11 is 0. The lowest BCUT2D eigenvalue weighted by Gasteiger charge is -2.34. The van der Waals surface area contributed by atoms with Crippen LogP contribution in [0, 0.1) is 5.41 Å². The molecule has 0 aromatic heterocycles. The Kier molecular flexibility index (Phi) is 4.46. The Morgan fingerprint density at radius 1 is 1.37 bits per heavy atom. The van der Waals surface area contributed by atoms with E-state index in [1.54, 1.807) is 0 Å². The van der Waals surface area contributed by atoms with Crippen molar-refractivity contribution in [3.05, 3.63) is 35.9 Å². The molecule has 1 aliphatic rings. The first kappa shape index (κ1) is 13.9. The number of benzene rings is 1. The molecule has 1 fully saturated rings. The Labute approximate surface area is 115 Å². The van der Waals surface area contributed by atoms with Gasteiger partial charge in [0, 0.05) is 6.54 Å². The van der Waals surface area contributed by atoms with Crippen LogP contribution in [0.2, 0.25) is 0 Å². The Morgan fingerprint density at radius 2 is 2.11 bits per heavy atom. The number of carbonyl (C=O) groups excluding carboxylic acids is 1. The first-order valence-electron chi connectivity index (χ1n) is 7.04. The van der Waals surface area contributed by atoms with Gasteiger partial charge in [-0.3, -0.25) is 0 Å². The molecule has 1 unspecified atom stereocenters. The molecule has 104 valence electrons. The second-order valence-corrected chi connectivity index (χ2v) is 6.13. The summed E-state index contributed by atoms with van der Waals surface area (Å²) in [6.45, 7) is 5.00. The minimum absolute atomic E-state index is 0.0690. The molecule has 0 spiro atoms. The molecule has 0 saturated heterocycles. The van der Waals surface area contributed by atoms with Crippen LogP contribution in [-0.2, 0) is 11.3 Å². The summed E-state index contributed by atoms with van der Waals surface area (Å²) in [6.07, 6.45) is 4.09. The maximum absolute atomic E-state index is 11.8. The smallest absolute Gasteiger partial charge is 0.407 e. The van der Waals surface area contributed by atoms with E-state index in [9.17, 15) is 4.79 Å². The summed E-state index contributed by atoms with van der Waals surface area (Å²) in [6, 6.07) is 9.87. The Bertz CT molecular complexity index is 414. The van der Waals surface area contributed by atoms with E-state index < -0.39 is 0 Å². The molecule has 1 aromatic carbocycles. The van der Waals surface area contributed by atoms with Gasteiger partial charge >= 0.3 is 6.09 Å². The molecule has 0 aliphatic heterocycles. The van der Waals surface area contributed by atoms with Crippen LogP contribution < -0.4 is 5.32 Å². The third-order valence-corrected chi connectivity index (χ3v) is 3.71. The average Bonchev–Trinajstić information content (AvgIpc) is 2.36. The van der Waals surface area contributed by atoms with Crippen molar-refractivity contribution in [2.45, 2.75) is 52.2 Å².